The predicted octanol–water partition coefficient (Wildman–Crippen LogP) is 1.92. The van der Waals surface area contributed by atoms with Gasteiger partial charge >= 0.3 is 0 Å². The van der Waals surface area contributed by atoms with Gasteiger partial charge in [0.05, 0.1) is 23.1 Å². The van der Waals surface area contributed by atoms with Crippen LogP contribution in [-0.2, 0) is 13.1 Å². The van der Waals surface area contributed by atoms with Crippen molar-refractivity contribution in [3.63, 3.8) is 0 Å². The van der Waals surface area contributed by atoms with Crippen molar-refractivity contribution >= 4 is 5.65 Å². The summed E-state index contributed by atoms with van der Waals surface area (Å²) in [6.07, 6.45) is 5.64. The van der Waals surface area contributed by atoms with Crippen LogP contribution >= 0.6 is 0 Å². The first kappa shape index (κ1) is 15.8. The van der Waals surface area contributed by atoms with Crippen molar-refractivity contribution in [2.45, 2.75) is 13.1 Å². The Bertz CT molecular complexity index is 887. The minimum absolute atomic E-state index is 0.659. The lowest BCUT2D eigenvalue weighted by molar-refractivity contribution is 0.120. The second-order valence-electron chi connectivity index (χ2n) is 6.38. The molecule has 1 fully saturated rings. The first-order valence-corrected chi connectivity index (χ1v) is 8.52. The molecule has 0 unspecified atom stereocenters. The van der Waals surface area contributed by atoms with E-state index in [0.29, 0.717) is 5.56 Å². The zero-order valence-electron chi connectivity index (χ0n) is 14.0. The first-order chi connectivity index (χ1) is 12.3. The number of aromatic nitrogens is 3. The summed E-state index contributed by atoms with van der Waals surface area (Å²) >= 11 is 0. The molecule has 126 valence electrons. The van der Waals surface area contributed by atoms with Crippen LogP contribution in [0.25, 0.3) is 5.65 Å². The molecule has 0 spiro atoms. The van der Waals surface area contributed by atoms with E-state index in [1.807, 2.05) is 47.3 Å². The van der Waals surface area contributed by atoms with Crippen LogP contribution in [0.4, 0.5) is 0 Å². The monoisotopic (exact) mass is 332 g/mol. The summed E-state index contributed by atoms with van der Waals surface area (Å²) < 4.78 is 2.03. The van der Waals surface area contributed by atoms with Gasteiger partial charge in [0.1, 0.15) is 11.7 Å². The molecule has 1 aliphatic heterocycles. The van der Waals surface area contributed by atoms with Crippen LogP contribution in [0.2, 0.25) is 0 Å². The second-order valence-corrected chi connectivity index (χ2v) is 6.38. The number of piperazine rings is 1. The average molecular weight is 332 g/mol. The molecule has 4 rings (SSSR count). The van der Waals surface area contributed by atoms with Crippen LogP contribution in [0.3, 0.4) is 0 Å². The van der Waals surface area contributed by atoms with Gasteiger partial charge in [-0.3, -0.25) is 14.8 Å². The Balaban J connectivity index is 1.38. The molecule has 25 heavy (non-hydrogen) atoms. The van der Waals surface area contributed by atoms with Crippen LogP contribution in [0, 0.1) is 11.3 Å². The van der Waals surface area contributed by atoms with E-state index in [0.717, 1.165) is 56.3 Å². The van der Waals surface area contributed by atoms with Gasteiger partial charge in [0.2, 0.25) is 0 Å². The van der Waals surface area contributed by atoms with Crippen LogP contribution in [0.5, 0.6) is 0 Å². The van der Waals surface area contributed by atoms with Crippen molar-refractivity contribution in [2.75, 3.05) is 26.2 Å². The summed E-state index contributed by atoms with van der Waals surface area (Å²) in [4.78, 5) is 13.7. The summed E-state index contributed by atoms with van der Waals surface area (Å²) in [6, 6.07) is 12.0. The first-order valence-electron chi connectivity index (χ1n) is 8.52. The van der Waals surface area contributed by atoms with Gasteiger partial charge in [0.25, 0.3) is 0 Å². The molecule has 0 aromatic carbocycles. The zero-order valence-corrected chi connectivity index (χ0v) is 14.0. The Morgan fingerprint density at radius 1 is 0.960 bits per heavy atom. The van der Waals surface area contributed by atoms with Gasteiger partial charge in [-0.05, 0) is 24.3 Å². The number of fused-ring (bicyclic) bond motifs is 1. The number of imidazole rings is 1. The van der Waals surface area contributed by atoms with E-state index in [9.17, 15) is 0 Å². The highest BCUT2D eigenvalue weighted by Crippen LogP contribution is 2.13. The van der Waals surface area contributed by atoms with Crippen LogP contribution < -0.4 is 0 Å². The van der Waals surface area contributed by atoms with Gasteiger partial charge in [-0.1, -0.05) is 6.07 Å². The second kappa shape index (κ2) is 7.01. The average Bonchev–Trinajstić information content (AvgIpc) is 3.06. The van der Waals surface area contributed by atoms with E-state index < -0.39 is 0 Å². The van der Waals surface area contributed by atoms with Crippen LogP contribution in [-0.4, -0.2) is 50.3 Å². The molecule has 1 saturated heterocycles. The van der Waals surface area contributed by atoms with Gasteiger partial charge in [-0.2, -0.15) is 5.26 Å². The number of rotatable bonds is 4. The van der Waals surface area contributed by atoms with Crippen molar-refractivity contribution in [1.82, 2.24) is 24.2 Å². The largest absolute Gasteiger partial charge is 0.301 e. The van der Waals surface area contributed by atoms with E-state index in [1.165, 1.54) is 0 Å². The van der Waals surface area contributed by atoms with Crippen molar-refractivity contribution in [1.29, 1.82) is 5.26 Å². The van der Waals surface area contributed by atoms with Crippen LogP contribution in [0.15, 0.2) is 48.9 Å². The third-order valence-corrected chi connectivity index (χ3v) is 4.67. The molecule has 0 N–H and O–H groups in total. The molecule has 0 amide bonds. The van der Waals surface area contributed by atoms with E-state index >= 15 is 0 Å². The Labute approximate surface area is 147 Å². The summed E-state index contributed by atoms with van der Waals surface area (Å²) in [6.45, 7) is 5.90. The number of nitriles is 1. The smallest absolute Gasteiger partial charge is 0.137 e. The predicted molar refractivity (Wildman–Crippen MR) is 94.7 cm³/mol. The van der Waals surface area contributed by atoms with E-state index in [4.69, 9.17) is 5.26 Å². The normalized spacial score (nSPS) is 16.1. The van der Waals surface area contributed by atoms with Crippen molar-refractivity contribution in [3.05, 3.63) is 65.9 Å². The van der Waals surface area contributed by atoms with Crippen LogP contribution in [0.1, 0.15) is 17.0 Å². The van der Waals surface area contributed by atoms with E-state index in [1.54, 1.807) is 0 Å². The fourth-order valence-electron chi connectivity index (χ4n) is 3.27. The van der Waals surface area contributed by atoms with Gasteiger partial charge in [-0.25, -0.2) is 4.98 Å². The summed E-state index contributed by atoms with van der Waals surface area (Å²) in [5, 5.41) is 9.09. The molecule has 1 aliphatic rings. The van der Waals surface area contributed by atoms with Crippen molar-refractivity contribution in [2.24, 2.45) is 0 Å². The Kier molecular flexibility index (Phi) is 4.42. The lowest BCUT2D eigenvalue weighted by Crippen LogP contribution is -2.45. The minimum Gasteiger partial charge on any atom is -0.301 e. The van der Waals surface area contributed by atoms with Crippen molar-refractivity contribution in [3.8, 4) is 6.07 Å². The molecule has 0 saturated carbocycles. The number of nitrogens with zero attached hydrogens (tertiary/aromatic N) is 6. The minimum atomic E-state index is 0.659. The van der Waals surface area contributed by atoms with Gasteiger partial charge in [0.15, 0.2) is 0 Å². The summed E-state index contributed by atoms with van der Waals surface area (Å²) in [5.74, 6) is 0. The third-order valence-electron chi connectivity index (χ3n) is 4.67. The molecular formula is C19H20N6. The maximum Gasteiger partial charge on any atom is 0.137 e. The molecule has 0 atom stereocenters. The lowest BCUT2D eigenvalue weighted by atomic mass is 10.2. The molecule has 0 aliphatic carbocycles. The summed E-state index contributed by atoms with van der Waals surface area (Å²) in [5.41, 5.74) is 3.81. The van der Waals surface area contributed by atoms with Gasteiger partial charge in [-0.15, -0.1) is 0 Å². The van der Waals surface area contributed by atoms with Gasteiger partial charge < -0.3 is 4.40 Å². The molecule has 0 bridgehead atoms. The highest BCUT2D eigenvalue weighted by atomic mass is 15.3. The molecule has 6 nitrogen and oxygen atoms in total. The molecule has 3 aromatic heterocycles. The lowest BCUT2D eigenvalue weighted by Gasteiger charge is -2.34. The maximum absolute atomic E-state index is 9.09. The standard InChI is InChI=1S/C19H20N6/c20-11-16-4-5-19-22-12-18(25(19)13-16)15-24-9-7-23(8-10-24)14-17-3-1-2-6-21-17/h1-6,12-13H,7-10,14-15H2. The summed E-state index contributed by atoms with van der Waals surface area (Å²) in [7, 11) is 0. The van der Waals surface area contributed by atoms with E-state index in [-0.39, 0.29) is 0 Å². The van der Waals surface area contributed by atoms with E-state index in [2.05, 4.69) is 31.9 Å². The Morgan fingerprint density at radius 3 is 2.48 bits per heavy atom. The molecule has 4 heterocycles. The topological polar surface area (TPSA) is 60.5 Å². The zero-order chi connectivity index (χ0) is 17.1. The third kappa shape index (κ3) is 3.53. The molecule has 6 heteroatoms. The molecule has 0 radical (unpaired) electrons. The fourth-order valence-corrected chi connectivity index (χ4v) is 3.27. The highest BCUT2D eigenvalue weighted by Gasteiger charge is 2.18. The molecular weight excluding hydrogens is 312 g/mol. The Hall–Kier alpha value is -2.75. The molecule has 3 aromatic rings. The quantitative estimate of drug-likeness (QED) is 0.730. The number of hydrogen-bond acceptors (Lipinski definition) is 5. The number of hydrogen-bond donors (Lipinski definition) is 0. The fraction of sp³-hybridized carbons (Fsp3) is 0.316. The maximum atomic E-state index is 9.09. The SMILES string of the molecule is N#Cc1ccc2ncc(CN3CCN(Cc4ccccn4)CC3)n2c1. The highest BCUT2D eigenvalue weighted by molar-refractivity contribution is 5.44. The Morgan fingerprint density at radius 2 is 1.76 bits per heavy atom. The van der Waals surface area contributed by atoms with Gasteiger partial charge in [0, 0.05) is 51.7 Å². The van der Waals surface area contributed by atoms with Crippen molar-refractivity contribution < 1.29 is 0 Å². The number of pyridine rings is 2.